The molecule has 0 N–H and O–H groups in total. The van der Waals surface area contributed by atoms with Crippen molar-refractivity contribution >= 4 is 5.82 Å². The predicted molar refractivity (Wildman–Crippen MR) is 66.4 cm³/mol. The van der Waals surface area contributed by atoms with Gasteiger partial charge < -0.3 is 14.7 Å². The van der Waals surface area contributed by atoms with E-state index in [1.54, 1.807) is 18.4 Å². The Morgan fingerprint density at radius 2 is 2.15 bits per heavy atom. The first-order valence-corrected chi connectivity index (χ1v) is 6.19. The third kappa shape index (κ3) is 4.80. The average molecular weight is 294 g/mol. The molecule has 9 heteroatoms. The van der Waals surface area contributed by atoms with Gasteiger partial charge in [-0.1, -0.05) is 6.92 Å². The van der Waals surface area contributed by atoms with Crippen LogP contribution in [0, 0.1) is 17.0 Å². The Morgan fingerprint density at radius 3 is 2.60 bits per heavy atom. The van der Waals surface area contributed by atoms with E-state index in [1.165, 1.54) is 11.2 Å². The zero-order valence-electron chi connectivity index (χ0n) is 11.4. The third-order valence-electron chi connectivity index (χ3n) is 2.97. The highest BCUT2D eigenvalue weighted by Gasteiger charge is 2.29. The molecule has 0 aliphatic carbocycles. The van der Waals surface area contributed by atoms with E-state index in [4.69, 9.17) is 0 Å². The second-order valence-electron chi connectivity index (χ2n) is 4.44. The monoisotopic (exact) mass is 294 g/mol. The highest BCUT2D eigenvalue weighted by molar-refractivity contribution is 5.25. The molecule has 0 atom stereocenters. The normalized spacial score (nSPS) is 12.1. The van der Waals surface area contributed by atoms with Crippen molar-refractivity contribution < 1.29 is 18.1 Å². The van der Waals surface area contributed by atoms with Crippen LogP contribution in [0.1, 0.15) is 19.0 Å². The molecule has 0 radical (unpaired) electrons. The number of hydrogen-bond acceptors (Lipinski definition) is 4. The molecule has 1 aromatic heterocycles. The van der Waals surface area contributed by atoms with Crippen LogP contribution in [0.4, 0.5) is 19.0 Å². The van der Waals surface area contributed by atoms with Crippen molar-refractivity contribution in [1.29, 1.82) is 0 Å². The Hall–Kier alpha value is -1.64. The third-order valence-corrected chi connectivity index (χ3v) is 2.97. The Kier molecular flexibility index (Phi) is 5.49. The summed E-state index contributed by atoms with van der Waals surface area (Å²) < 4.78 is 38.4. The van der Waals surface area contributed by atoms with E-state index in [9.17, 15) is 23.3 Å². The van der Waals surface area contributed by atoms with Gasteiger partial charge in [-0.25, -0.2) is 0 Å². The molecule has 1 heterocycles. The summed E-state index contributed by atoms with van der Waals surface area (Å²) in [6, 6.07) is 0. The summed E-state index contributed by atoms with van der Waals surface area (Å²) in [7, 11) is 0. The maximum Gasteiger partial charge on any atom is 0.401 e. The molecular weight excluding hydrogens is 277 g/mol. The fraction of sp³-hybridized carbons (Fsp3) is 0.727. The predicted octanol–water partition coefficient (Wildman–Crippen LogP) is 2.37. The number of imidazole rings is 1. The molecular formula is C11H17F3N4O2. The second-order valence-corrected chi connectivity index (χ2v) is 4.44. The summed E-state index contributed by atoms with van der Waals surface area (Å²) in [5.74, 6) is -0.215. The van der Waals surface area contributed by atoms with Gasteiger partial charge in [-0.05, 0) is 29.8 Å². The molecule has 0 aliphatic heterocycles. The maximum atomic E-state index is 12.3. The number of nitrogens with zero attached hydrogens (tertiary/aromatic N) is 4. The molecule has 0 unspecified atom stereocenters. The molecule has 0 aromatic carbocycles. The van der Waals surface area contributed by atoms with Crippen molar-refractivity contribution in [1.82, 2.24) is 14.5 Å². The van der Waals surface area contributed by atoms with Crippen LogP contribution in [0.2, 0.25) is 0 Å². The van der Waals surface area contributed by atoms with E-state index >= 15 is 0 Å². The van der Waals surface area contributed by atoms with Crippen LogP contribution in [-0.4, -0.2) is 45.2 Å². The minimum Gasteiger partial charge on any atom is -0.358 e. The van der Waals surface area contributed by atoms with Gasteiger partial charge in [0, 0.05) is 13.1 Å². The van der Waals surface area contributed by atoms with Crippen molar-refractivity contribution in [3.05, 3.63) is 22.1 Å². The highest BCUT2D eigenvalue weighted by Crippen LogP contribution is 2.17. The van der Waals surface area contributed by atoms with Gasteiger partial charge in [0.25, 0.3) is 0 Å². The number of aryl methyl sites for hydroxylation is 1. The zero-order valence-corrected chi connectivity index (χ0v) is 11.4. The Morgan fingerprint density at radius 1 is 1.50 bits per heavy atom. The van der Waals surface area contributed by atoms with Gasteiger partial charge in [-0.2, -0.15) is 13.2 Å². The summed E-state index contributed by atoms with van der Waals surface area (Å²) in [5, 5.41) is 10.6. The first-order chi connectivity index (χ1) is 9.24. The lowest BCUT2D eigenvalue weighted by atomic mass is 10.3. The molecule has 0 aliphatic rings. The molecule has 114 valence electrons. The van der Waals surface area contributed by atoms with E-state index in [2.05, 4.69) is 4.98 Å². The highest BCUT2D eigenvalue weighted by atomic mass is 19.4. The Bertz CT molecular complexity index is 459. The lowest BCUT2D eigenvalue weighted by Gasteiger charge is -2.21. The van der Waals surface area contributed by atoms with Gasteiger partial charge in [0.05, 0.1) is 6.54 Å². The van der Waals surface area contributed by atoms with Crippen LogP contribution in [0.15, 0.2) is 6.33 Å². The van der Waals surface area contributed by atoms with Crippen molar-refractivity contribution in [3.63, 3.8) is 0 Å². The lowest BCUT2D eigenvalue weighted by molar-refractivity contribution is -0.389. The number of hydrogen-bond donors (Lipinski definition) is 0. The second kappa shape index (κ2) is 6.69. The summed E-state index contributed by atoms with van der Waals surface area (Å²) >= 11 is 0. The molecule has 20 heavy (non-hydrogen) atoms. The van der Waals surface area contributed by atoms with E-state index in [1.807, 2.05) is 0 Å². The van der Waals surface area contributed by atoms with Crippen LogP contribution in [0.5, 0.6) is 0 Å². The molecule has 0 spiro atoms. The topological polar surface area (TPSA) is 64.2 Å². The summed E-state index contributed by atoms with van der Waals surface area (Å²) in [6.07, 6.45) is -2.40. The van der Waals surface area contributed by atoms with Crippen LogP contribution >= 0.6 is 0 Å². The van der Waals surface area contributed by atoms with E-state index < -0.39 is 17.6 Å². The molecule has 0 bridgehead atoms. The fourth-order valence-electron chi connectivity index (χ4n) is 1.90. The summed E-state index contributed by atoms with van der Waals surface area (Å²) in [5.41, 5.74) is 0.411. The molecule has 6 nitrogen and oxygen atoms in total. The van der Waals surface area contributed by atoms with Crippen LogP contribution in [0.3, 0.4) is 0 Å². The van der Waals surface area contributed by atoms with Gasteiger partial charge in [0.15, 0.2) is 0 Å². The standard InChI is InChI=1S/C11H17F3N4O2/c1-3-16(7-11(12,13)14)5-4-6-17-8-15-10(9(17)2)18(19)20/h8H,3-7H2,1-2H3. The largest absolute Gasteiger partial charge is 0.401 e. The van der Waals surface area contributed by atoms with Gasteiger partial charge in [-0.15, -0.1) is 0 Å². The van der Waals surface area contributed by atoms with E-state index in [0.29, 0.717) is 25.2 Å². The molecule has 0 saturated heterocycles. The number of halogens is 3. The number of alkyl halides is 3. The summed E-state index contributed by atoms with van der Waals surface area (Å²) in [4.78, 5) is 15.0. The number of rotatable bonds is 7. The number of aromatic nitrogens is 2. The zero-order chi connectivity index (χ0) is 15.3. The van der Waals surface area contributed by atoms with E-state index in [0.717, 1.165) is 0 Å². The van der Waals surface area contributed by atoms with Gasteiger partial charge in [0.2, 0.25) is 6.33 Å². The van der Waals surface area contributed by atoms with Crippen molar-refractivity contribution in [2.75, 3.05) is 19.6 Å². The van der Waals surface area contributed by atoms with Gasteiger partial charge in [-0.3, -0.25) is 4.90 Å². The molecule has 1 rings (SSSR count). The molecule has 0 amide bonds. The quantitative estimate of drug-likeness (QED) is 0.572. The minimum absolute atomic E-state index is 0.215. The number of nitro groups is 1. The SMILES string of the molecule is CCN(CCCn1cnc([N+](=O)[O-])c1C)CC(F)(F)F. The Balaban J connectivity index is 2.49. The van der Waals surface area contributed by atoms with Gasteiger partial charge >= 0.3 is 12.0 Å². The van der Waals surface area contributed by atoms with E-state index in [-0.39, 0.29) is 12.4 Å². The van der Waals surface area contributed by atoms with Crippen LogP contribution < -0.4 is 0 Å². The first-order valence-electron chi connectivity index (χ1n) is 6.19. The molecule has 1 aromatic rings. The molecule has 0 fully saturated rings. The maximum absolute atomic E-state index is 12.3. The minimum atomic E-state index is -4.21. The van der Waals surface area contributed by atoms with Crippen molar-refractivity contribution in [2.45, 2.75) is 33.0 Å². The van der Waals surface area contributed by atoms with Crippen molar-refractivity contribution in [2.24, 2.45) is 0 Å². The van der Waals surface area contributed by atoms with Crippen LogP contribution in [-0.2, 0) is 6.54 Å². The average Bonchev–Trinajstić information content (AvgIpc) is 2.68. The molecule has 0 saturated carbocycles. The smallest absolute Gasteiger partial charge is 0.358 e. The summed E-state index contributed by atoms with van der Waals surface area (Å²) in [6.45, 7) is 3.29. The van der Waals surface area contributed by atoms with Crippen LogP contribution in [0.25, 0.3) is 0 Å². The Labute approximate surface area is 114 Å². The lowest BCUT2D eigenvalue weighted by Crippen LogP contribution is -2.35. The first kappa shape index (κ1) is 16.4. The van der Waals surface area contributed by atoms with Gasteiger partial charge in [0.1, 0.15) is 5.69 Å². The fourth-order valence-corrected chi connectivity index (χ4v) is 1.90. The van der Waals surface area contributed by atoms with Crippen molar-refractivity contribution in [3.8, 4) is 0 Å².